The zero-order chi connectivity index (χ0) is 20.9. The minimum absolute atomic E-state index is 0.0127. The van der Waals surface area contributed by atoms with Crippen molar-refractivity contribution in [2.24, 2.45) is 11.3 Å². The van der Waals surface area contributed by atoms with Crippen LogP contribution in [0.4, 0.5) is 13.2 Å². The number of hydrogen-bond acceptors (Lipinski definition) is 4. The number of nitrogens with one attached hydrogen (secondary N) is 1. The van der Waals surface area contributed by atoms with Gasteiger partial charge in [-0.15, -0.1) is 11.3 Å². The molecular formula is C20H31F3N2O2S. The maximum absolute atomic E-state index is 12.4. The summed E-state index contributed by atoms with van der Waals surface area (Å²) in [6.45, 7) is 10.3. The Hall–Kier alpha value is -1.28. The first kappa shape index (κ1) is 23.0. The molecule has 1 amide bonds. The molecule has 2 atom stereocenters. The Morgan fingerprint density at radius 3 is 2.71 bits per heavy atom. The lowest BCUT2D eigenvalue weighted by molar-refractivity contribution is -0.152. The summed E-state index contributed by atoms with van der Waals surface area (Å²) in [6.07, 6.45) is -1.70. The Morgan fingerprint density at radius 2 is 2.07 bits per heavy atom. The first-order valence-corrected chi connectivity index (χ1v) is 10.5. The molecule has 4 nitrogen and oxygen atoms in total. The highest BCUT2D eigenvalue weighted by atomic mass is 32.1. The highest BCUT2D eigenvalue weighted by Gasteiger charge is 2.29. The average molecular weight is 421 g/mol. The molecule has 0 saturated carbocycles. The number of ether oxygens (including phenoxy) is 1. The smallest absolute Gasteiger partial charge is 0.422 e. The van der Waals surface area contributed by atoms with Gasteiger partial charge in [0.25, 0.3) is 0 Å². The molecule has 160 valence electrons. The number of likely N-dealkylation sites (tertiary alicyclic amines) is 1. The summed E-state index contributed by atoms with van der Waals surface area (Å²) in [4.78, 5) is 15.6. The van der Waals surface area contributed by atoms with Crippen molar-refractivity contribution in [1.29, 1.82) is 0 Å². The van der Waals surface area contributed by atoms with Crippen molar-refractivity contribution < 1.29 is 22.7 Å². The zero-order valence-electron chi connectivity index (χ0n) is 17.1. The van der Waals surface area contributed by atoms with E-state index in [0.717, 1.165) is 48.7 Å². The molecule has 2 heterocycles. The van der Waals surface area contributed by atoms with Gasteiger partial charge in [-0.05, 0) is 56.3 Å². The van der Waals surface area contributed by atoms with E-state index in [1.807, 2.05) is 6.92 Å². The van der Waals surface area contributed by atoms with Gasteiger partial charge in [0, 0.05) is 17.8 Å². The molecule has 0 radical (unpaired) electrons. The molecule has 0 unspecified atom stereocenters. The van der Waals surface area contributed by atoms with Gasteiger partial charge in [-0.1, -0.05) is 20.8 Å². The molecule has 1 aromatic rings. The van der Waals surface area contributed by atoms with Gasteiger partial charge in [-0.2, -0.15) is 13.2 Å². The van der Waals surface area contributed by atoms with Crippen molar-refractivity contribution in [3.8, 4) is 5.06 Å². The van der Waals surface area contributed by atoms with Crippen LogP contribution >= 0.6 is 11.3 Å². The molecular weight excluding hydrogens is 389 g/mol. The molecule has 8 heteroatoms. The summed E-state index contributed by atoms with van der Waals surface area (Å²) < 4.78 is 41.4. The standard InChI is InChI=1S/C20H31F3N2O2S/c1-14(16-5-6-18(28-16)27-13-20(21,22)23)24-17(26)11-15-7-9-25(12-15)10-8-19(2,3)4/h5-6,14-15H,7-13H2,1-4H3,(H,24,26)/t14-,15-/m1/s1. The molecule has 1 saturated heterocycles. The summed E-state index contributed by atoms with van der Waals surface area (Å²) >= 11 is 1.13. The lowest BCUT2D eigenvalue weighted by Gasteiger charge is -2.23. The number of amides is 1. The largest absolute Gasteiger partial charge is 0.475 e. The number of hydrogen-bond donors (Lipinski definition) is 1. The van der Waals surface area contributed by atoms with E-state index < -0.39 is 12.8 Å². The van der Waals surface area contributed by atoms with Crippen LogP contribution in [-0.2, 0) is 4.79 Å². The van der Waals surface area contributed by atoms with Crippen LogP contribution in [0.1, 0.15) is 57.9 Å². The van der Waals surface area contributed by atoms with Gasteiger partial charge in [0.05, 0.1) is 6.04 Å². The fourth-order valence-electron chi connectivity index (χ4n) is 3.21. The van der Waals surface area contributed by atoms with E-state index in [1.165, 1.54) is 6.07 Å². The lowest BCUT2D eigenvalue weighted by Crippen LogP contribution is -2.29. The summed E-state index contributed by atoms with van der Waals surface area (Å²) in [5, 5.41) is 3.16. The number of rotatable bonds is 8. The molecule has 1 aliphatic rings. The Bertz CT molecular complexity index is 640. The summed E-state index contributed by atoms with van der Waals surface area (Å²) in [7, 11) is 0. The van der Waals surface area contributed by atoms with Crippen molar-refractivity contribution in [3.05, 3.63) is 17.0 Å². The third-order valence-corrected chi connectivity index (χ3v) is 5.99. The molecule has 0 aliphatic carbocycles. The minimum atomic E-state index is -4.36. The Morgan fingerprint density at radius 1 is 1.36 bits per heavy atom. The Kier molecular flexibility index (Phi) is 7.79. The first-order valence-electron chi connectivity index (χ1n) is 9.72. The van der Waals surface area contributed by atoms with E-state index in [9.17, 15) is 18.0 Å². The van der Waals surface area contributed by atoms with Crippen LogP contribution in [0.15, 0.2) is 12.1 Å². The van der Waals surface area contributed by atoms with Crippen molar-refractivity contribution in [3.63, 3.8) is 0 Å². The normalized spacial score (nSPS) is 19.6. The maximum atomic E-state index is 12.4. The van der Waals surface area contributed by atoms with Crippen LogP contribution in [0.2, 0.25) is 0 Å². The van der Waals surface area contributed by atoms with Crippen LogP contribution in [-0.4, -0.2) is 43.2 Å². The number of carbonyl (C=O) groups excluding carboxylic acids is 1. The average Bonchev–Trinajstić information content (AvgIpc) is 3.18. The van der Waals surface area contributed by atoms with Gasteiger partial charge in [0.2, 0.25) is 5.91 Å². The van der Waals surface area contributed by atoms with E-state index >= 15 is 0 Å². The highest BCUT2D eigenvalue weighted by molar-refractivity contribution is 7.13. The second kappa shape index (κ2) is 9.48. The summed E-state index contributed by atoms with van der Waals surface area (Å²) in [5.74, 6) is 0.350. The highest BCUT2D eigenvalue weighted by Crippen LogP contribution is 2.31. The van der Waals surface area contributed by atoms with Crippen LogP contribution in [0.3, 0.4) is 0 Å². The molecule has 0 aromatic carbocycles. The van der Waals surface area contributed by atoms with E-state index in [0.29, 0.717) is 17.8 Å². The molecule has 1 fully saturated rings. The predicted octanol–water partition coefficient (Wildman–Crippen LogP) is 5.01. The predicted molar refractivity (Wildman–Crippen MR) is 106 cm³/mol. The third kappa shape index (κ3) is 8.39. The Labute approximate surface area is 169 Å². The molecule has 1 N–H and O–H groups in total. The second-order valence-corrected chi connectivity index (χ2v) is 9.90. The van der Waals surface area contributed by atoms with Crippen molar-refractivity contribution in [2.75, 3.05) is 26.2 Å². The molecule has 0 spiro atoms. The van der Waals surface area contributed by atoms with Crippen LogP contribution < -0.4 is 10.1 Å². The second-order valence-electron chi connectivity index (χ2n) is 8.82. The SMILES string of the molecule is C[C@@H](NC(=O)C[C@H]1CCN(CCC(C)(C)C)C1)c1ccc(OCC(F)(F)F)s1. The van der Waals surface area contributed by atoms with E-state index in [4.69, 9.17) is 4.74 Å². The molecule has 2 rings (SSSR count). The first-order chi connectivity index (χ1) is 12.9. The van der Waals surface area contributed by atoms with Crippen molar-refractivity contribution in [1.82, 2.24) is 10.2 Å². The number of alkyl halides is 3. The fraction of sp³-hybridized carbons (Fsp3) is 0.750. The number of halogens is 3. The van der Waals surface area contributed by atoms with Crippen molar-refractivity contribution >= 4 is 17.2 Å². The Balaban J connectivity index is 1.73. The van der Waals surface area contributed by atoms with Crippen LogP contribution in [0, 0.1) is 11.3 Å². The molecule has 28 heavy (non-hydrogen) atoms. The van der Waals surface area contributed by atoms with Gasteiger partial charge in [0.15, 0.2) is 11.7 Å². The van der Waals surface area contributed by atoms with Gasteiger partial charge >= 0.3 is 6.18 Å². The molecule has 1 aliphatic heterocycles. The number of thiophene rings is 1. The van der Waals surface area contributed by atoms with E-state index in [2.05, 4.69) is 31.0 Å². The summed E-state index contributed by atoms with van der Waals surface area (Å²) in [6, 6.07) is 2.96. The zero-order valence-corrected chi connectivity index (χ0v) is 17.9. The van der Waals surface area contributed by atoms with E-state index in [1.54, 1.807) is 6.07 Å². The lowest BCUT2D eigenvalue weighted by atomic mass is 9.92. The van der Waals surface area contributed by atoms with Gasteiger partial charge in [-0.3, -0.25) is 4.79 Å². The maximum Gasteiger partial charge on any atom is 0.422 e. The fourth-order valence-corrected chi connectivity index (χ4v) is 4.07. The topological polar surface area (TPSA) is 41.6 Å². The van der Waals surface area contributed by atoms with Crippen LogP contribution in [0.5, 0.6) is 5.06 Å². The summed E-state index contributed by atoms with van der Waals surface area (Å²) in [5.41, 5.74) is 0.314. The number of carbonyl (C=O) groups is 1. The van der Waals surface area contributed by atoms with Crippen molar-refractivity contribution in [2.45, 2.75) is 59.2 Å². The third-order valence-electron chi connectivity index (χ3n) is 4.81. The van der Waals surface area contributed by atoms with Crippen LogP contribution in [0.25, 0.3) is 0 Å². The number of nitrogens with zero attached hydrogens (tertiary/aromatic N) is 1. The van der Waals surface area contributed by atoms with Gasteiger partial charge in [0.1, 0.15) is 0 Å². The monoisotopic (exact) mass is 420 g/mol. The quantitative estimate of drug-likeness (QED) is 0.642. The van der Waals surface area contributed by atoms with Gasteiger partial charge < -0.3 is 15.0 Å². The molecule has 0 bridgehead atoms. The molecule has 1 aromatic heterocycles. The van der Waals surface area contributed by atoms with Gasteiger partial charge in [-0.25, -0.2) is 0 Å². The van der Waals surface area contributed by atoms with E-state index in [-0.39, 0.29) is 17.0 Å². The minimum Gasteiger partial charge on any atom is -0.475 e.